The van der Waals surface area contributed by atoms with Crippen molar-refractivity contribution in [1.82, 2.24) is 20.0 Å². The molecule has 1 N–H and O–H groups in total. The molecule has 0 bridgehead atoms. The topological polar surface area (TPSA) is 69.3 Å². The normalized spacial score (nSPS) is 27.3. The quantitative estimate of drug-likeness (QED) is 0.922. The van der Waals surface area contributed by atoms with Gasteiger partial charge in [0.15, 0.2) is 0 Å². The number of nitrogens with one attached hydrogen (secondary N) is 1. The van der Waals surface area contributed by atoms with E-state index < -0.39 is 0 Å². The van der Waals surface area contributed by atoms with Crippen LogP contribution in [0.25, 0.3) is 0 Å². The molecule has 24 heavy (non-hydrogen) atoms. The van der Waals surface area contributed by atoms with E-state index in [4.69, 9.17) is 0 Å². The minimum absolute atomic E-state index is 0.0569. The molecule has 3 aliphatic rings. The Bertz CT molecular complexity index is 679. The van der Waals surface area contributed by atoms with E-state index in [2.05, 4.69) is 10.2 Å². The van der Waals surface area contributed by atoms with Gasteiger partial charge in [-0.25, -0.2) is 0 Å². The van der Waals surface area contributed by atoms with E-state index in [1.807, 2.05) is 23.6 Å². The van der Waals surface area contributed by atoms with Gasteiger partial charge in [-0.1, -0.05) is 0 Å². The van der Waals surface area contributed by atoms with E-state index in [9.17, 15) is 9.59 Å². The SMILES string of the molecule is CCN1CCC[C@@]2(CCN(C(=O)c3c(C4CC4)n[nH]c3C)C2)C1=O. The fourth-order valence-electron chi connectivity index (χ4n) is 4.41. The number of aromatic nitrogens is 2. The Kier molecular flexibility index (Phi) is 3.66. The van der Waals surface area contributed by atoms with E-state index in [0.717, 1.165) is 62.1 Å². The number of rotatable bonds is 3. The van der Waals surface area contributed by atoms with Gasteiger partial charge in [0, 0.05) is 37.8 Å². The van der Waals surface area contributed by atoms with Gasteiger partial charge in [0.2, 0.25) is 5.91 Å². The Hall–Kier alpha value is -1.85. The van der Waals surface area contributed by atoms with Crippen molar-refractivity contribution in [3.63, 3.8) is 0 Å². The molecule has 1 aromatic heterocycles. The van der Waals surface area contributed by atoms with Crippen LogP contribution < -0.4 is 0 Å². The van der Waals surface area contributed by atoms with Gasteiger partial charge in [0.1, 0.15) is 0 Å². The van der Waals surface area contributed by atoms with Crippen LogP contribution in [0.1, 0.15) is 66.7 Å². The van der Waals surface area contributed by atoms with E-state index >= 15 is 0 Å². The molecule has 4 rings (SSSR count). The molecule has 1 spiro atoms. The minimum Gasteiger partial charge on any atom is -0.342 e. The molecule has 2 amide bonds. The molecule has 2 aliphatic heterocycles. The average molecular weight is 330 g/mol. The van der Waals surface area contributed by atoms with Gasteiger partial charge in [-0.3, -0.25) is 14.7 Å². The molecule has 0 unspecified atom stereocenters. The zero-order chi connectivity index (χ0) is 16.9. The molecule has 3 fully saturated rings. The second-order valence-electron chi connectivity index (χ2n) is 7.63. The summed E-state index contributed by atoms with van der Waals surface area (Å²) in [5.74, 6) is 0.747. The maximum atomic E-state index is 13.1. The lowest BCUT2D eigenvalue weighted by molar-refractivity contribution is -0.145. The summed E-state index contributed by atoms with van der Waals surface area (Å²) in [6.07, 6.45) is 4.99. The minimum atomic E-state index is -0.346. The van der Waals surface area contributed by atoms with Crippen molar-refractivity contribution in [3.8, 4) is 0 Å². The monoisotopic (exact) mass is 330 g/mol. The van der Waals surface area contributed by atoms with Crippen molar-refractivity contribution in [3.05, 3.63) is 17.0 Å². The molecule has 6 heteroatoms. The maximum Gasteiger partial charge on any atom is 0.257 e. The number of hydrogen-bond acceptors (Lipinski definition) is 3. The van der Waals surface area contributed by atoms with Crippen molar-refractivity contribution >= 4 is 11.8 Å². The lowest BCUT2D eigenvalue weighted by Gasteiger charge is -2.38. The van der Waals surface area contributed by atoms with Crippen LogP contribution in [0.5, 0.6) is 0 Å². The van der Waals surface area contributed by atoms with Gasteiger partial charge >= 0.3 is 0 Å². The third-order valence-corrected chi connectivity index (χ3v) is 6.00. The first-order chi connectivity index (χ1) is 11.6. The van der Waals surface area contributed by atoms with Gasteiger partial charge < -0.3 is 9.80 Å². The first kappa shape index (κ1) is 15.7. The molecule has 6 nitrogen and oxygen atoms in total. The Morgan fingerprint density at radius 1 is 1.33 bits per heavy atom. The summed E-state index contributed by atoms with van der Waals surface area (Å²) in [6, 6.07) is 0. The zero-order valence-electron chi connectivity index (χ0n) is 14.6. The Morgan fingerprint density at radius 3 is 2.83 bits per heavy atom. The Morgan fingerprint density at radius 2 is 2.12 bits per heavy atom. The van der Waals surface area contributed by atoms with Crippen LogP contribution in [0.15, 0.2) is 0 Å². The van der Waals surface area contributed by atoms with Gasteiger partial charge in [0.05, 0.1) is 16.7 Å². The Labute approximate surface area is 142 Å². The zero-order valence-corrected chi connectivity index (χ0v) is 14.6. The highest BCUT2D eigenvalue weighted by Crippen LogP contribution is 2.43. The average Bonchev–Trinajstić information content (AvgIpc) is 3.22. The van der Waals surface area contributed by atoms with Crippen LogP contribution >= 0.6 is 0 Å². The summed E-state index contributed by atoms with van der Waals surface area (Å²) < 4.78 is 0. The van der Waals surface area contributed by atoms with Gasteiger partial charge in [-0.15, -0.1) is 0 Å². The molecule has 2 saturated heterocycles. The number of carbonyl (C=O) groups excluding carboxylic acids is 2. The highest BCUT2D eigenvalue weighted by atomic mass is 16.2. The largest absolute Gasteiger partial charge is 0.342 e. The van der Waals surface area contributed by atoms with Crippen LogP contribution in [0.3, 0.4) is 0 Å². The summed E-state index contributed by atoms with van der Waals surface area (Å²) in [5.41, 5.74) is 2.20. The number of hydrogen-bond donors (Lipinski definition) is 1. The molecule has 130 valence electrons. The number of aryl methyl sites for hydroxylation is 1. The molecule has 0 aromatic carbocycles. The van der Waals surface area contributed by atoms with Crippen LogP contribution in [-0.2, 0) is 4.79 Å². The highest BCUT2D eigenvalue weighted by Gasteiger charge is 2.49. The maximum absolute atomic E-state index is 13.1. The first-order valence-electron chi connectivity index (χ1n) is 9.19. The number of H-pyrrole nitrogens is 1. The number of amides is 2. The molecule has 1 aromatic rings. The van der Waals surface area contributed by atoms with Crippen molar-refractivity contribution in [2.24, 2.45) is 5.41 Å². The van der Waals surface area contributed by atoms with Crippen LogP contribution in [-0.4, -0.2) is 58.0 Å². The molecule has 1 saturated carbocycles. The fourth-order valence-corrected chi connectivity index (χ4v) is 4.41. The predicted octanol–water partition coefficient (Wildman–Crippen LogP) is 2.07. The third-order valence-electron chi connectivity index (χ3n) is 6.00. The van der Waals surface area contributed by atoms with Gasteiger partial charge in [-0.05, 0) is 46.0 Å². The molecular formula is C18H26N4O2. The second-order valence-corrected chi connectivity index (χ2v) is 7.63. The summed E-state index contributed by atoms with van der Waals surface area (Å²) >= 11 is 0. The smallest absolute Gasteiger partial charge is 0.257 e. The fraction of sp³-hybridized carbons (Fsp3) is 0.722. The second kappa shape index (κ2) is 5.60. The van der Waals surface area contributed by atoms with Crippen molar-refractivity contribution in [1.29, 1.82) is 0 Å². The van der Waals surface area contributed by atoms with Gasteiger partial charge in [0.25, 0.3) is 5.91 Å². The number of carbonyl (C=O) groups is 2. The van der Waals surface area contributed by atoms with Crippen molar-refractivity contribution < 1.29 is 9.59 Å². The lowest BCUT2D eigenvalue weighted by Crippen LogP contribution is -2.50. The molecule has 1 atom stereocenters. The van der Waals surface area contributed by atoms with Crippen molar-refractivity contribution in [2.75, 3.05) is 26.2 Å². The van der Waals surface area contributed by atoms with Crippen LogP contribution in [0.2, 0.25) is 0 Å². The van der Waals surface area contributed by atoms with E-state index in [-0.39, 0.29) is 17.2 Å². The van der Waals surface area contributed by atoms with Crippen LogP contribution in [0.4, 0.5) is 0 Å². The number of likely N-dealkylation sites (tertiary alicyclic amines) is 2. The van der Waals surface area contributed by atoms with Crippen LogP contribution in [0, 0.1) is 12.3 Å². The van der Waals surface area contributed by atoms with Crippen molar-refractivity contribution in [2.45, 2.75) is 51.9 Å². The van der Waals surface area contributed by atoms with E-state index in [1.54, 1.807) is 0 Å². The molecular weight excluding hydrogens is 304 g/mol. The summed E-state index contributed by atoms with van der Waals surface area (Å²) in [4.78, 5) is 29.8. The highest BCUT2D eigenvalue weighted by molar-refractivity contribution is 5.97. The third kappa shape index (κ3) is 2.34. The number of aromatic amines is 1. The molecule has 1 aliphatic carbocycles. The number of piperidine rings is 1. The number of nitrogens with zero attached hydrogens (tertiary/aromatic N) is 3. The molecule has 3 heterocycles. The standard InChI is InChI=1S/C18H26N4O2/c1-3-21-9-4-7-18(17(21)24)8-10-22(11-18)16(23)14-12(2)19-20-15(14)13-5-6-13/h13H,3-11H2,1-2H3,(H,19,20)/t18-/m0/s1. The lowest BCUT2D eigenvalue weighted by atomic mass is 9.78. The first-order valence-corrected chi connectivity index (χ1v) is 9.19. The molecule has 0 radical (unpaired) electrons. The summed E-state index contributed by atoms with van der Waals surface area (Å²) in [7, 11) is 0. The van der Waals surface area contributed by atoms with Gasteiger partial charge in [-0.2, -0.15) is 5.10 Å². The summed E-state index contributed by atoms with van der Waals surface area (Å²) in [5, 5.41) is 7.35. The summed E-state index contributed by atoms with van der Waals surface area (Å²) in [6.45, 7) is 6.82. The van der Waals surface area contributed by atoms with E-state index in [1.165, 1.54) is 0 Å². The van der Waals surface area contributed by atoms with E-state index in [0.29, 0.717) is 19.0 Å². The Balaban J connectivity index is 1.56. The predicted molar refractivity (Wildman–Crippen MR) is 89.7 cm³/mol.